The number of aromatic nitrogens is 2. The van der Waals surface area contributed by atoms with Gasteiger partial charge in [0.1, 0.15) is 17.6 Å². The first-order chi connectivity index (χ1) is 10.1. The van der Waals surface area contributed by atoms with Gasteiger partial charge in [0.05, 0.1) is 13.3 Å². The van der Waals surface area contributed by atoms with Crippen LogP contribution >= 0.6 is 0 Å². The van der Waals surface area contributed by atoms with E-state index in [-0.39, 0.29) is 12.1 Å². The molecule has 1 aliphatic rings. The van der Waals surface area contributed by atoms with Crippen LogP contribution in [-0.2, 0) is 7.05 Å². The molecule has 0 aliphatic carbocycles. The average molecular weight is 287 g/mol. The first-order valence-electron chi connectivity index (χ1n) is 7.14. The van der Waals surface area contributed by atoms with Gasteiger partial charge in [-0.1, -0.05) is 6.07 Å². The Kier molecular flexibility index (Phi) is 3.59. The van der Waals surface area contributed by atoms with Gasteiger partial charge < -0.3 is 14.8 Å². The molecule has 21 heavy (non-hydrogen) atoms. The molecule has 3 rings (SSSR count). The predicted molar refractivity (Wildman–Crippen MR) is 80.7 cm³/mol. The molecule has 0 radical (unpaired) electrons. The van der Waals surface area contributed by atoms with Crippen molar-refractivity contribution < 1.29 is 9.47 Å². The van der Waals surface area contributed by atoms with E-state index in [2.05, 4.69) is 23.4 Å². The number of methoxy groups -OCH3 is 1. The number of ether oxygens (including phenoxy) is 2. The molecule has 2 heterocycles. The van der Waals surface area contributed by atoms with Gasteiger partial charge in [0, 0.05) is 42.4 Å². The topological polar surface area (TPSA) is 48.3 Å². The lowest BCUT2D eigenvalue weighted by Gasteiger charge is -2.32. The summed E-state index contributed by atoms with van der Waals surface area (Å²) in [5, 5.41) is 7.70. The van der Waals surface area contributed by atoms with E-state index in [1.165, 1.54) is 5.56 Å². The molecule has 2 unspecified atom stereocenters. The summed E-state index contributed by atoms with van der Waals surface area (Å²) in [6, 6.07) is 6.27. The molecule has 5 nitrogen and oxygen atoms in total. The normalized spacial score (nSPS) is 20.8. The van der Waals surface area contributed by atoms with Crippen LogP contribution in [0.25, 0.3) is 0 Å². The average Bonchev–Trinajstić information content (AvgIpc) is 2.85. The van der Waals surface area contributed by atoms with Gasteiger partial charge >= 0.3 is 0 Å². The summed E-state index contributed by atoms with van der Waals surface area (Å²) in [6.45, 7) is 2.07. The van der Waals surface area contributed by atoms with E-state index in [1.807, 2.05) is 37.1 Å². The van der Waals surface area contributed by atoms with E-state index >= 15 is 0 Å². The molecule has 2 atom stereocenters. The van der Waals surface area contributed by atoms with Crippen molar-refractivity contribution in [1.29, 1.82) is 0 Å². The van der Waals surface area contributed by atoms with Crippen LogP contribution in [0.2, 0.25) is 0 Å². The molecule has 0 bridgehead atoms. The summed E-state index contributed by atoms with van der Waals surface area (Å²) in [4.78, 5) is 0. The smallest absolute Gasteiger partial charge is 0.129 e. The lowest BCUT2D eigenvalue weighted by atomic mass is 9.93. The largest absolute Gasteiger partial charge is 0.497 e. The van der Waals surface area contributed by atoms with E-state index in [4.69, 9.17) is 9.47 Å². The van der Waals surface area contributed by atoms with Crippen molar-refractivity contribution >= 4 is 0 Å². The summed E-state index contributed by atoms with van der Waals surface area (Å²) >= 11 is 0. The quantitative estimate of drug-likeness (QED) is 0.942. The molecule has 1 aliphatic heterocycles. The first-order valence-corrected chi connectivity index (χ1v) is 7.14. The molecule has 1 aromatic heterocycles. The van der Waals surface area contributed by atoms with Crippen molar-refractivity contribution in [1.82, 2.24) is 15.1 Å². The Hall–Kier alpha value is -2.01. The molecular formula is C16H21N3O2. The standard InChI is InChI=1S/C16H21N3O2/c1-10-13(9-18-19(10)3)16-8-14(17-2)12-6-5-11(20-4)7-15(12)21-16/h5-7,9,14,16-17H,8H2,1-4H3. The summed E-state index contributed by atoms with van der Waals surface area (Å²) in [6.07, 6.45) is 2.80. The van der Waals surface area contributed by atoms with Crippen molar-refractivity contribution in [2.24, 2.45) is 7.05 Å². The lowest BCUT2D eigenvalue weighted by Crippen LogP contribution is -2.27. The van der Waals surface area contributed by atoms with Crippen LogP contribution in [0.3, 0.4) is 0 Å². The Balaban J connectivity index is 1.99. The van der Waals surface area contributed by atoms with E-state index in [1.54, 1.807) is 7.11 Å². The minimum atomic E-state index is 0.00996. The Morgan fingerprint density at radius 3 is 2.81 bits per heavy atom. The third kappa shape index (κ3) is 2.38. The zero-order valence-electron chi connectivity index (χ0n) is 12.9. The fourth-order valence-electron chi connectivity index (χ4n) is 2.87. The van der Waals surface area contributed by atoms with Crippen LogP contribution in [0.15, 0.2) is 24.4 Å². The molecule has 1 N–H and O–H groups in total. The second-order valence-electron chi connectivity index (χ2n) is 5.40. The van der Waals surface area contributed by atoms with Gasteiger partial charge in [0.15, 0.2) is 0 Å². The fourth-order valence-corrected chi connectivity index (χ4v) is 2.87. The maximum Gasteiger partial charge on any atom is 0.129 e. The zero-order valence-corrected chi connectivity index (χ0v) is 12.9. The van der Waals surface area contributed by atoms with Crippen molar-refractivity contribution in [3.05, 3.63) is 41.2 Å². The highest BCUT2D eigenvalue weighted by Crippen LogP contribution is 2.42. The maximum absolute atomic E-state index is 6.21. The molecule has 5 heteroatoms. The van der Waals surface area contributed by atoms with Crippen LogP contribution < -0.4 is 14.8 Å². The minimum absolute atomic E-state index is 0.00996. The lowest BCUT2D eigenvalue weighted by molar-refractivity contribution is 0.152. The van der Waals surface area contributed by atoms with Gasteiger partial charge in [0.25, 0.3) is 0 Å². The fraction of sp³-hybridized carbons (Fsp3) is 0.438. The third-order valence-electron chi connectivity index (χ3n) is 4.28. The van der Waals surface area contributed by atoms with Crippen LogP contribution in [0.5, 0.6) is 11.5 Å². The van der Waals surface area contributed by atoms with Gasteiger partial charge in [-0.2, -0.15) is 5.10 Å². The van der Waals surface area contributed by atoms with E-state index < -0.39 is 0 Å². The first kappa shape index (κ1) is 13.9. The van der Waals surface area contributed by atoms with Gasteiger partial charge in [-0.3, -0.25) is 4.68 Å². The molecule has 0 saturated heterocycles. The number of hydrogen-bond acceptors (Lipinski definition) is 4. The van der Waals surface area contributed by atoms with Gasteiger partial charge in [-0.25, -0.2) is 0 Å². The number of rotatable bonds is 3. The number of fused-ring (bicyclic) bond motifs is 1. The Morgan fingerprint density at radius 2 is 2.19 bits per heavy atom. The van der Waals surface area contributed by atoms with E-state index in [0.29, 0.717) is 0 Å². The Labute approximate surface area is 124 Å². The highest BCUT2D eigenvalue weighted by Gasteiger charge is 2.30. The number of nitrogens with zero attached hydrogens (tertiary/aromatic N) is 2. The Bertz CT molecular complexity index is 651. The summed E-state index contributed by atoms with van der Waals surface area (Å²) in [5.74, 6) is 1.69. The summed E-state index contributed by atoms with van der Waals surface area (Å²) in [7, 11) is 5.61. The minimum Gasteiger partial charge on any atom is -0.497 e. The van der Waals surface area contributed by atoms with Crippen molar-refractivity contribution in [3.63, 3.8) is 0 Å². The highest BCUT2D eigenvalue weighted by atomic mass is 16.5. The van der Waals surface area contributed by atoms with Crippen LogP contribution in [-0.4, -0.2) is 23.9 Å². The Morgan fingerprint density at radius 1 is 1.38 bits per heavy atom. The SMILES string of the molecule is CNC1CC(c2cnn(C)c2C)Oc2cc(OC)ccc21. The summed E-state index contributed by atoms with van der Waals surface area (Å²) in [5.41, 5.74) is 3.46. The molecule has 0 amide bonds. The second-order valence-corrected chi connectivity index (χ2v) is 5.40. The molecule has 0 spiro atoms. The molecular weight excluding hydrogens is 266 g/mol. The molecule has 0 fully saturated rings. The molecule has 2 aromatic rings. The molecule has 0 saturated carbocycles. The van der Waals surface area contributed by atoms with E-state index in [9.17, 15) is 0 Å². The molecule has 1 aromatic carbocycles. The van der Waals surface area contributed by atoms with Crippen LogP contribution in [0.4, 0.5) is 0 Å². The van der Waals surface area contributed by atoms with Gasteiger partial charge in [-0.15, -0.1) is 0 Å². The van der Waals surface area contributed by atoms with Crippen molar-refractivity contribution in [2.75, 3.05) is 14.2 Å². The van der Waals surface area contributed by atoms with Crippen LogP contribution in [0.1, 0.15) is 35.4 Å². The van der Waals surface area contributed by atoms with Crippen molar-refractivity contribution in [2.45, 2.75) is 25.5 Å². The third-order valence-corrected chi connectivity index (χ3v) is 4.28. The maximum atomic E-state index is 6.21. The second kappa shape index (κ2) is 5.41. The van der Waals surface area contributed by atoms with Crippen molar-refractivity contribution in [3.8, 4) is 11.5 Å². The number of benzene rings is 1. The zero-order chi connectivity index (χ0) is 15.0. The number of hydrogen-bond donors (Lipinski definition) is 1. The number of nitrogens with one attached hydrogen (secondary N) is 1. The monoisotopic (exact) mass is 287 g/mol. The molecule has 112 valence electrons. The van der Waals surface area contributed by atoms with E-state index in [0.717, 1.165) is 29.2 Å². The highest BCUT2D eigenvalue weighted by molar-refractivity contribution is 5.44. The summed E-state index contributed by atoms with van der Waals surface area (Å²) < 4.78 is 13.4. The van der Waals surface area contributed by atoms with Gasteiger partial charge in [0.2, 0.25) is 0 Å². The van der Waals surface area contributed by atoms with Crippen LogP contribution in [0, 0.1) is 6.92 Å². The predicted octanol–water partition coefficient (Wildman–Crippen LogP) is 2.52. The number of aryl methyl sites for hydroxylation is 1. The van der Waals surface area contributed by atoms with Gasteiger partial charge in [-0.05, 0) is 20.0 Å².